The number of hydrogen-bond acceptors (Lipinski definition) is 4. The number of nitrogens with zero attached hydrogens (tertiary/aromatic N) is 3. The van der Waals surface area contributed by atoms with Gasteiger partial charge in [-0.05, 0) is 36.7 Å². The van der Waals surface area contributed by atoms with Gasteiger partial charge < -0.3 is 5.32 Å². The Balaban J connectivity index is 2.01. The van der Waals surface area contributed by atoms with Gasteiger partial charge in [-0.3, -0.25) is 4.98 Å². The second-order valence-electron chi connectivity index (χ2n) is 5.01. The molecule has 1 N–H and O–H groups in total. The highest BCUT2D eigenvalue weighted by Crippen LogP contribution is 2.24. The van der Waals surface area contributed by atoms with E-state index in [-0.39, 0.29) is 6.04 Å². The summed E-state index contributed by atoms with van der Waals surface area (Å²) in [6, 6.07) is 10.5. The van der Waals surface area contributed by atoms with Crippen LogP contribution in [0.4, 0.5) is 0 Å². The Labute approximate surface area is 124 Å². The molecule has 4 nitrogen and oxygen atoms in total. The van der Waals surface area contributed by atoms with E-state index in [0.717, 1.165) is 29.4 Å². The zero-order valence-corrected chi connectivity index (χ0v) is 12.0. The van der Waals surface area contributed by atoms with Crippen LogP contribution in [0.2, 0.25) is 0 Å². The molecule has 0 aliphatic rings. The van der Waals surface area contributed by atoms with Crippen LogP contribution in [-0.2, 0) is 0 Å². The molecule has 0 saturated carbocycles. The average Bonchev–Trinajstić information content (AvgIpc) is 2.56. The van der Waals surface area contributed by atoms with Crippen LogP contribution in [0.3, 0.4) is 0 Å². The maximum atomic E-state index is 4.37. The normalized spacial score (nSPS) is 12.4. The van der Waals surface area contributed by atoms with Gasteiger partial charge >= 0.3 is 0 Å². The molecule has 2 heterocycles. The molecule has 0 radical (unpaired) electrons. The number of benzene rings is 1. The lowest BCUT2D eigenvalue weighted by atomic mass is 9.99. The standard InChI is InChI=1S/C17H18N4/c1-2-7-21-17(15-10-18-12-19-11-15)14-5-6-16-13(9-14)4-3-8-20-16/h3-6,8-12,17,21H,2,7H2,1H3. The number of rotatable bonds is 5. The second-order valence-corrected chi connectivity index (χ2v) is 5.01. The second kappa shape index (κ2) is 6.41. The molecule has 0 aliphatic heterocycles. The average molecular weight is 278 g/mol. The van der Waals surface area contributed by atoms with Crippen LogP contribution in [-0.4, -0.2) is 21.5 Å². The predicted molar refractivity (Wildman–Crippen MR) is 83.9 cm³/mol. The summed E-state index contributed by atoms with van der Waals surface area (Å²) in [6.07, 6.45) is 8.20. The van der Waals surface area contributed by atoms with Gasteiger partial charge in [0, 0.05) is 29.5 Å². The van der Waals surface area contributed by atoms with Crippen molar-refractivity contribution in [3.8, 4) is 0 Å². The van der Waals surface area contributed by atoms with Crippen LogP contribution in [0.1, 0.15) is 30.5 Å². The fourth-order valence-electron chi connectivity index (χ4n) is 2.45. The minimum absolute atomic E-state index is 0.107. The molecule has 106 valence electrons. The van der Waals surface area contributed by atoms with Crippen molar-refractivity contribution in [2.75, 3.05) is 6.54 Å². The molecule has 0 fully saturated rings. The van der Waals surface area contributed by atoms with Gasteiger partial charge in [0.1, 0.15) is 6.33 Å². The Morgan fingerprint density at radius 3 is 2.76 bits per heavy atom. The number of pyridine rings is 1. The van der Waals surface area contributed by atoms with E-state index in [4.69, 9.17) is 0 Å². The summed E-state index contributed by atoms with van der Waals surface area (Å²) >= 11 is 0. The molecule has 0 aliphatic carbocycles. The van der Waals surface area contributed by atoms with Gasteiger partial charge in [0.2, 0.25) is 0 Å². The Morgan fingerprint density at radius 2 is 1.95 bits per heavy atom. The lowest BCUT2D eigenvalue weighted by Crippen LogP contribution is -2.23. The highest BCUT2D eigenvalue weighted by Gasteiger charge is 2.14. The summed E-state index contributed by atoms with van der Waals surface area (Å²) in [7, 11) is 0. The van der Waals surface area contributed by atoms with Crippen LogP contribution >= 0.6 is 0 Å². The SMILES string of the molecule is CCCNC(c1cncnc1)c1ccc2ncccc2c1. The van der Waals surface area contributed by atoms with E-state index in [1.807, 2.05) is 24.7 Å². The van der Waals surface area contributed by atoms with Crippen LogP contribution in [0.25, 0.3) is 10.9 Å². The van der Waals surface area contributed by atoms with Crippen molar-refractivity contribution in [2.24, 2.45) is 0 Å². The Bertz CT molecular complexity index is 712. The first-order valence-corrected chi connectivity index (χ1v) is 7.21. The zero-order chi connectivity index (χ0) is 14.5. The van der Waals surface area contributed by atoms with Crippen molar-refractivity contribution in [3.05, 3.63) is 66.4 Å². The van der Waals surface area contributed by atoms with Crippen LogP contribution < -0.4 is 5.32 Å². The van der Waals surface area contributed by atoms with Crippen molar-refractivity contribution >= 4 is 10.9 Å². The van der Waals surface area contributed by atoms with E-state index < -0.39 is 0 Å². The molecular weight excluding hydrogens is 260 g/mol. The molecular formula is C17H18N4. The summed E-state index contributed by atoms with van der Waals surface area (Å²) in [5.74, 6) is 0. The molecule has 0 bridgehead atoms. The van der Waals surface area contributed by atoms with Crippen LogP contribution in [0.15, 0.2) is 55.2 Å². The van der Waals surface area contributed by atoms with Crippen molar-refractivity contribution in [3.63, 3.8) is 0 Å². The number of aromatic nitrogens is 3. The molecule has 2 aromatic heterocycles. The minimum Gasteiger partial charge on any atom is -0.306 e. The molecule has 3 rings (SSSR count). The zero-order valence-electron chi connectivity index (χ0n) is 12.0. The highest BCUT2D eigenvalue weighted by atomic mass is 14.9. The number of nitrogens with one attached hydrogen (secondary N) is 1. The van der Waals surface area contributed by atoms with E-state index in [2.05, 4.69) is 51.5 Å². The van der Waals surface area contributed by atoms with Crippen LogP contribution in [0.5, 0.6) is 0 Å². The molecule has 1 unspecified atom stereocenters. The maximum Gasteiger partial charge on any atom is 0.115 e. The van der Waals surface area contributed by atoms with Gasteiger partial charge in [0.25, 0.3) is 0 Å². The number of fused-ring (bicyclic) bond motifs is 1. The molecule has 0 saturated heterocycles. The van der Waals surface area contributed by atoms with Crippen molar-refractivity contribution in [1.29, 1.82) is 0 Å². The van der Waals surface area contributed by atoms with E-state index in [9.17, 15) is 0 Å². The first-order chi connectivity index (χ1) is 10.4. The molecule has 0 spiro atoms. The van der Waals surface area contributed by atoms with Gasteiger partial charge in [-0.15, -0.1) is 0 Å². The van der Waals surface area contributed by atoms with E-state index in [0.29, 0.717) is 0 Å². The van der Waals surface area contributed by atoms with Gasteiger partial charge in [-0.1, -0.05) is 19.1 Å². The molecule has 0 amide bonds. The molecule has 1 aromatic carbocycles. The molecule has 3 aromatic rings. The van der Waals surface area contributed by atoms with Crippen molar-refractivity contribution in [2.45, 2.75) is 19.4 Å². The quantitative estimate of drug-likeness (QED) is 0.779. The first kappa shape index (κ1) is 13.6. The molecule has 21 heavy (non-hydrogen) atoms. The summed E-state index contributed by atoms with van der Waals surface area (Å²) in [4.78, 5) is 12.6. The summed E-state index contributed by atoms with van der Waals surface area (Å²) in [5, 5.41) is 4.71. The summed E-state index contributed by atoms with van der Waals surface area (Å²) in [6.45, 7) is 3.11. The van der Waals surface area contributed by atoms with Gasteiger partial charge in [-0.25, -0.2) is 9.97 Å². The first-order valence-electron chi connectivity index (χ1n) is 7.21. The largest absolute Gasteiger partial charge is 0.306 e. The van der Waals surface area contributed by atoms with Crippen molar-refractivity contribution < 1.29 is 0 Å². The fraction of sp³-hybridized carbons (Fsp3) is 0.235. The minimum atomic E-state index is 0.107. The predicted octanol–water partition coefficient (Wildman–Crippen LogP) is 3.11. The van der Waals surface area contributed by atoms with E-state index >= 15 is 0 Å². The fourth-order valence-corrected chi connectivity index (χ4v) is 2.45. The maximum absolute atomic E-state index is 4.37. The van der Waals surface area contributed by atoms with E-state index in [1.54, 1.807) is 6.33 Å². The molecule has 1 atom stereocenters. The monoisotopic (exact) mass is 278 g/mol. The number of hydrogen-bond donors (Lipinski definition) is 1. The van der Waals surface area contributed by atoms with Crippen molar-refractivity contribution in [1.82, 2.24) is 20.3 Å². The molecule has 4 heteroatoms. The lowest BCUT2D eigenvalue weighted by Gasteiger charge is -2.19. The van der Waals surface area contributed by atoms with Gasteiger partial charge in [-0.2, -0.15) is 0 Å². The lowest BCUT2D eigenvalue weighted by molar-refractivity contribution is 0.595. The Hall–Kier alpha value is -2.33. The smallest absolute Gasteiger partial charge is 0.115 e. The third kappa shape index (κ3) is 3.06. The van der Waals surface area contributed by atoms with Crippen LogP contribution in [0, 0.1) is 0 Å². The summed E-state index contributed by atoms with van der Waals surface area (Å²) in [5.41, 5.74) is 3.30. The van der Waals surface area contributed by atoms with Gasteiger partial charge in [0.05, 0.1) is 11.6 Å². The third-order valence-corrected chi connectivity index (χ3v) is 3.47. The Morgan fingerprint density at radius 1 is 1.10 bits per heavy atom. The Kier molecular flexibility index (Phi) is 4.17. The highest BCUT2D eigenvalue weighted by molar-refractivity contribution is 5.79. The summed E-state index contributed by atoms with van der Waals surface area (Å²) < 4.78 is 0. The topological polar surface area (TPSA) is 50.7 Å². The van der Waals surface area contributed by atoms with Gasteiger partial charge in [0.15, 0.2) is 0 Å². The third-order valence-electron chi connectivity index (χ3n) is 3.47. The van der Waals surface area contributed by atoms with E-state index in [1.165, 1.54) is 5.56 Å².